The van der Waals surface area contributed by atoms with Gasteiger partial charge in [-0.2, -0.15) is 13.2 Å². The van der Waals surface area contributed by atoms with Crippen LogP contribution < -0.4 is 5.43 Å². The Hall–Kier alpha value is -0.670. The summed E-state index contributed by atoms with van der Waals surface area (Å²) in [4.78, 5) is 12.5. The van der Waals surface area contributed by atoms with Gasteiger partial charge in [-0.3, -0.25) is 4.79 Å². The highest BCUT2D eigenvalue weighted by molar-refractivity contribution is 14.1. The molecule has 15 heavy (non-hydrogen) atoms. The van der Waals surface area contributed by atoms with Gasteiger partial charge in [0.05, 0.1) is 9.26 Å². The highest BCUT2D eigenvalue weighted by Gasteiger charge is 2.33. The maximum absolute atomic E-state index is 12.2. The van der Waals surface area contributed by atoms with E-state index >= 15 is 0 Å². The van der Waals surface area contributed by atoms with Crippen molar-refractivity contribution in [3.05, 3.63) is 31.2 Å². The molecule has 1 rings (SSSR count). The van der Waals surface area contributed by atoms with Gasteiger partial charge in [0, 0.05) is 6.07 Å². The topological polar surface area (TPSA) is 32.9 Å². The fraction of sp³-hybridized carbons (Fsp3) is 0.286. The number of alkyl halides is 5. The van der Waals surface area contributed by atoms with Gasteiger partial charge in [-0.25, -0.2) is 8.78 Å². The number of hydrogen-bond donors (Lipinski definition) is 1. The summed E-state index contributed by atoms with van der Waals surface area (Å²) < 4.78 is 60.4. The maximum Gasteiger partial charge on any atom is 0.431 e. The molecule has 1 aromatic rings. The predicted molar refractivity (Wildman–Crippen MR) is 49.7 cm³/mol. The molecule has 1 N–H and O–H groups in total. The molecule has 2 nitrogen and oxygen atoms in total. The second-order valence-electron chi connectivity index (χ2n) is 2.57. The third kappa shape index (κ3) is 2.67. The molecule has 0 radical (unpaired) electrons. The summed E-state index contributed by atoms with van der Waals surface area (Å²) in [5.41, 5.74) is -3.55. The molecule has 0 fully saturated rings. The molecule has 0 aliphatic rings. The lowest BCUT2D eigenvalue weighted by Crippen LogP contribution is -2.18. The maximum atomic E-state index is 12.2. The minimum absolute atomic E-state index is 0.258. The number of rotatable bonds is 1. The SMILES string of the molecule is O=c1cc(C(F)(F)F)[nH]c(C(F)F)c1I. The Morgan fingerprint density at radius 1 is 1.33 bits per heavy atom. The zero-order valence-corrected chi connectivity index (χ0v) is 8.99. The van der Waals surface area contributed by atoms with Crippen molar-refractivity contribution in [1.29, 1.82) is 0 Å². The van der Waals surface area contributed by atoms with Crippen LogP contribution in [0.25, 0.3) is 0 Å². The average Bonchev–Trinajstić information content (AvgIpc) is 2.06. The van der Waals surface area contributed by atoms with E-state index < -0.39 is 33.0 Å². The number of hydrogen-bond acceptors (Lipinski definition) is 1. The number of H-pyrrole nitrogens is 1. The molecule has 0 bridgehead atoms. The molecule has 0 aliphatic carbocycles. The molecule has 0 unspecified atom stereocenters. The van der Waals surface area contributed by atoms with Gasteiger partial charge < -0.3 is 4.98 Å². The van der Waals surface area contributed by atoms with E-state index in [4.69, 9.17) is 0 Å². The molecule has 0 spiro atoms. The van der Waals surface area contributed by atoms with Crippen molar-refractivity contribution in [2.75, 3.05) is 0 Å². The van der Waals surface area contributed by atoms with Crippen LogP contribution in [0.4, 0.5) is 22.0 Å². The minimum atomic E-state index is -4.84. The first kappa shape index (κ1) is 12.4. The highest BCUT2D eigenvalue weighted by atomic mass is 127. The van der Waals surface area contributed by atoms with Gasteiger partial charge >= 0.3 is 6.18 Å². The summed E-state index contributed by atoms with van der Waals surface area (Å²) in [7, 11) is 0. The fourth-order valence-corrected chi connectivity index (χ4v) is 1.39. The molecule has 84 valence electrons. The molecule has 0 saturated heterocycles. The Balaban J connectivity index is 3.43. The van der Waals surface area contributed by atoms with Crippen molar-refractivity contribution < 1.29 is 22.0 Å². The molecule has 8 heteroatoms. The number of aromatic amines is 1. The van der Waals surface area contributed by atoms with Crippen molar-refractivity contribution in [3.8, 4) is 0 Å². The Morgan fingerprint density at radius 3 is 2.27 bits per heavy atom. The average molecular weight is 339 g/mol. The standard InChI is InChI=1S/C7H3F5INO/c8-6(9)5-4(13)2(15)1-3(14-5)7(10,11)12/h1,6H,(H,14,15). The normalized spacial score (nSPS) is 12.2. The van der Waals surface area contributed by atoms with Gasteiger partial charge in [0.25, 0.3) is 6.43 Å². The summed E-state index contributed by atoms with van der Waals surface area (Å²) in [6, 6.07) is 0.258. The van der Waals surface area contributed by atoms with E-state index in [1.807, 2.05) is 0 Å². The Labute approximate surface area is 93.6 Å². The van der Waals surface area contributed by atoms with Crippen LogP contribution >= 0.6 is 22.6 Å². The van der Waals surface area contributed by atoms with Crippen LogP contribution in [0.5, 0.6) is 0 Å². The quantitative estimate of drug-likeness (QED) is 0.619. The molecule has 1 aromatic heterocycles. The van der Waals surface area contributed by atoms with Crippen LogP contribution in [0.15, 0.2) is 10.9 Å². The predicted octanol–water partition coefficient (Wildman–Crippen LogP) is 2.94. The van der Waals surface area contributed by atoms with E-state index in [1.165, 1.54) is 27.6 Å². The number of nitrogens with one attached hydrogen (secondary N) is 1. The van der Waals surface area contributed by atoms with Gasteiger partial charge in [0.1, 0.15) is 5.69 Å². The number of aromatic nitrogens is 1. The third-order valence-electron chi connectivity index (χ3n) is 1.52. The van der Waals surface area contributed by atoms with Crippen LogP contribution in [0, 0.1) is 3.57 Å². The summed E-state index contributed by atoms with van der Waals surface area (Å²) in [5, 5.41) is 0. The third-order valence-corrected chi connectivity index (χ3v) is 2.63. The van der Waals surface area contributed by atoms with Gasteiger partial charge in [-0.1, -0.05) is 0 Å². The fourth-order valence-electron chi connectivity index (χ4n) is 0.866. The first-order chi connectivity index (χ1) is 6.73. The minimum Gasteiger partial charge on any atom is -0.349 e. The van der Waals surface area contributed by atoms with Crippen LogP contribution in [0.3, 0.4) is 0 Å². The smallest absolute Gasteiger partial charge is 0.349 e. The number of pyridine rings is 1. The number of halogens is 6. The Morgan fingerprint density at radius 2 is 1.87 bits per heavy atom. The van der Waals surface area contributed by atoms with Gasteiger partial charge in [-0.05, 0) is 22.6 Å². The first-order valence-electron chi connectivity index (χ1n) is 3.51. The second-order valence-corrected chi connectivity index (χ2v) is 3.65. The molecule has 1 heterocycles. The summed E-state index contributed by atoms with van der Waals surface area (Å²) in [6.07, 6.45) is -7.99. The van der Waals surface area contributed by atoms with E-state index in [0.717, 1.165) is 0 Å². The lowest BCUT2D eigenvalue weighted by atomic mass is 10.3. The second kappa shape index (κ2) is 4.06. The van der Waals surface area contributed by atoms with E-state index in [0.29, 0.717) is 0 Å². The summed E-state index contributed by atoms with van der Waals surface area (Å²) in [5.74, 6) is 0. The Bertz CT molecular complexity index is 424. The lowest BCUT2D eigenvalue weighted by Gasteiger charge is -2.09. The molecule has 0 aromatic carbocycles. The van der Waals surface area contributed by atoms with E-state index in [1.54, 1.807) is 0 Å². The van der Waals surface area contributed by atoms with E-state index in [-0.39, 0.29) is 6.07 Å². The van der Waals surface area contributed by atoms with E-state index in [2.05, 4.69) is 0 Å². The summed E-state index contributed by atoms with van der Waals surface area (Å²) in [6.45, 7) is 0. The van der Waals surface area contributed by atoms with Gasteiger partial charge in [0.2, 0.25) is 0 Å². The van der Waals surface area contributed by atoms with Crippen LogP contribution in [0.2, 0.25) is 0 Å². The van der Waals surface area contributed by atoms with Crippen molar-refractivity contribution in [1.82, 2.24) is 4.98 Å². The zero-order valence-electron chi connectivity index (χ0n) is 6.83. The monoisotopic (exact) mass is 339 g/mol. The first-order valence-corrected chi connectivity index (χ1v) is 4.59. The van der Waals surface area contributed by atoms with Crippen molar-refractivity contribution in [2.24, 2.45) is 0 Å². The molecule has 0 atom stereocenters. The largest absolute Gasteiger partial charge is 0.431 e. The van der Waals surface area contributed by atoms with Crippen molar-refractivity contribution in [3.63, 3.8) is 0 Å². The zero-order chi connectivity index (χ0) is 11.8. The lowest BCUT2D eigenvalue weighted by molar-refractivity contribution is -0.141. The molecule has 0 aliphatic heterocycles. The van der Waals surface area contributed by atoms with Gasteiger partial charge in [0.15, 0.2) is 5.43 Å². The van der Waals surface area contributed by atoms with Crippen molar-refractivity contribution >= 4 is 22.6 Å². The van der Waals surface area contributed by atoms with Crippen LogP contribution in [-0.2, 0) is 6.18 Å². The van der Waals surface area contributed by atoms with Gasteiger partial charge in [-0.15, -0.1) is 0 Å². The van der Waals surface area contributed by atoms with Crippen LogP contribution in [0.1, 0.15) is 17.8 Å². The molecular weight excluding hydrogens is 336 g/mol. The van der Waals surface area contributed by atoms with Crippen LogP contribution in [-0.4, -0.2) is 4.98 Å². The van der Waals surface area contributed by atoms with E-state index in [9.17, 15) is 26.7 Å². The molecule has 0 saturated carbocycles. The summed E-state index contributed by atoms with van der Waals surface area (Å²) >= 11 is 1.27. The Kier molecular flexibility index (Phi) is 3.36. The highest BCUT2D eigenvalue weighted by Crippen LogP contribution is 2.29. The van der Waals surface area contributed by atoms with Crippen molar-refractivity contribution in [2.45, 2.75) is 12.6 Å². The molecule has 0 amide bonds. The molecular formula is C7H3F5INO.